The maximum Gasteiger partial charge on any atom is 0.443 e. The molecule has 24 heavy (non-hydrogen) atoms. The first-order valence-electron chi connectivity index (χ1n) is 7.38. The third-order valence-electron chi connectivity index (χ3n) is 5.23. The van der Waals surface area contributed by atoms with Gasteiger partial charge in [0.15, 0.2) is 0 Å². The summed E-state index contributed by atoms with van der Waals surface area (Å²) in [5.41, 5.74) is -2.69. The van der Waals surface area contributed by atoms with Crippen LogP contribution in [0.5, 0.6) is 0 Å². The maximum atomic E-state index is 13.6. The van der Waals surface area contributed by atoms with Gasteiger partial charge in [0.1, 0.15) is 5.60 Å². The average molecular weight is 376 g/mol. The van der Waals surface area contributed by atoms with E-state index >= 15 is 0 Å². The Balaban J connectivity index is 1.85. The number of halogens is 4. The first kappa shape index (κ1) is 17.9. The highest BCUT2D eigenvalue weighted by Gasteiger charge is 2.72. The van der Waals surface area contributed by atoms with Crippen molar-refractivity contribution < 1.29 is 45.2 Å². The van der Waals surface area contributed by atoms with E-state index in [9.17, 15) is 35.9 Å². The smallest absolute Gasteiger partial charge is 0.443 e. The van der Waals surface area contributed by atoms with Crippen LogP contribution in [0.2, 0.25) is 0 Å². The molecule has 11 heteroatoms. The van der Waals surface area contributed by atoms with Gasteiger partial charge in [-0.05, 0) is 43.9 Å². The van der Waals surface area contributed by atoms with E-state index in [-0.39, 0.29) is 31.1 Å². The molecule has 0 saturated heterocycles. The summed E-state index contributed by atoms with van der Waals surface area (Å²) in [4.78, 5) is 11.6. The van der Waals surface area contributed by atoms with E-state index in [0.717, 1.165) is 6.42 Å². The van der Waals surface area contributed by atoms with Gasteiger partial charge in [0, 0.05) is 6.42 Å². The lowest BCUT2D eigenvalue weighted by Gasteiger charge is -2.59. The van der Waals surface area contributed by atoms with E-state index in [1.54, 1.807) is 0 Å². The van der Waals surface area contributed by atoms with Crippen molar-refractivity contribution >= 4 is 16.1 Å². The van der Waals surface area contributed by atoms with Gasteiger partial charge in [-0.15, -0.1) is 0 Å². The number of alkyl halides is 4. The summed E-state index contributed by atoms with van der Waals surface area (Å²) < 4.78 is 87.7. The molecule has 2 atom stereocenters. The number of hydrogen-bond acceptors (Lipinski definition) is 5. The number of esters is 1. The van der Waals surface area contributed by atoms with Crippen molar-refractivity contribution in [2.24, 2.45) is 11.8 Å². The summed E-state index contributed by atoms with van der Waals surface area (Å²) in [6, 6.07) is 0. The molecular weight excluding hydrogens is 360 g/mol. The molecule has 138 valence electrons. The fraction of sp³-hybridized carbons (Fsp3) is 0.923. The van der Waals surface area contributed by atoms with Gasteiger partial charge in [0.2, 0.25) is 0 Å². The zero-order chi connectivity index (χ0) is 18.2. The van der Waals surface area contributed by atoms with Gasteiger partial charge in [-0.1, -0.05) is 0 Å². The van der Waals surface area contributed by atoms with E-state index in [1.807, 2.05) is 0 Å². The molecule has 4 aliphatic rings. The third kappa shape index (κ3) is 2.51. The Morgan fingerprint density at radius 1 is 1.08 bits per heavy atom. The maximum absolute atomic E-state index is 13.6. The Kier molecular flexibility index (Phi) is 3.59. The molecule has 6 nitrogen and oxygen atoms in total. The SMILES string of the molecule is O=C(OC12CC3CC(CC(O)(C3)C1)C2)C(F)(F)C(F)(F)S(=O)(=O)O. The van der Waals surface area contributed by atoms with Crippen LogP contribution in [0.25, 0.3) is 0 Å². The van der Waals surface area contributed by atoms with Crippen LogP contribution in [-0.2, 0) is 19.6 Å². The first-order chi connectivity index (χ1) is 10.7. The average Bonchev–Trinajstić information content (AvgIpc) is 2.32. The summed E-state index contributed by atoms with van der Waals surface area (Å²) >= 11 is 0. The Labute approximate surface area is 134 Å². The molecule has 0 aliphatic heterocycles. The van der Waals surface area contributed by atoms with Crippen LogP contribution in [-0.4, -0.2) is 46.4 Å². The van der Waals surface area contributed by atoms with Crippen molar-refractivity contribution in [2.45, 2.75) is 60.9 Å². The summed E-state index contributed by atoms with van der Waals surface area (Å²) in [5, 5.41) is 4.41. The van der Waals surface area contributed by atoms with E-state index < -0.39 is 38.5 Å². The van der Waals surface area contributed by atoms with Crippen LogP contribution in [0.1, 0.15) is 38.5 Å². The Bertz CT molecular complexity index is 662. The minimum absolute atomic E-state index is 0.0697. The normalized spacial score (nSPS) is 39.1. The molecule has 0 aromatic rings. The number of aliphatic hydroxyl groups is 1. The van der Waals surface area contributed by atoms with Crippen LogP contribution in [0, 0.1) is 11.8 Å². The fourth-order valence-electron chi connectivity index (χ4n) is 4.79. The molecule has 0 heterocycles. The van der Waals surface area contributed by atoms with Gasteiger partial charge in [0.25, 0.3) is 0 Å². The molecule has 2 unspecified atom stereocenters. The molecule has 4 rings (SSSR count). The van der Waals surface area contributed by atoms with Crippen molar-refractivity contribution in [3.8, 4) is 0 Å². The number of ether oxygens (including phenoxy) is 1. The Hall–Kier alpha value is -0.940. The van der Waals surface area contributed by atoms with Gasteiger partial charge in [-0.2, -0.15) is 26.0 Å². The van der Waals surface area contributed by atoms with E-state index in [4.69, 9.17) is 4.55 Å². The molecule has 0 spiro atoms. The van der Waals surface area contributed by atoms with Crippen LogP contribution < -0.4 is 0 Å². The highest BCUT2D eigenvalue weighted by atomic mass is 32.2. The summed E-state index contributed by atoms with van der Waals surface area (Å²) in [5.74, 6) is -8.60. The number of hydrogen-bond donors (Lipinski definition) is 2. The molecular formula is C13H16F4O6S. The lowest BCUT2D eigenvalue weighted by Crippen LogP contribution is -2.62. The van der Waals surface area contributed by atoms with Crippen LogP contribution in [0.3, 0.4) is 0 Å². The predicted octanol–water partition coefficient (Wildman–Crippen LogP) is 1.73. The Morgan fingerprint density at radius 3 is 2.00 bits per heavy atom. The van der Waals surface area contributed by atoms with Crippen molar-refractivity contribution in [3.63, 3.8) is 0 Å². The standard InChI is InChI=1S/C13H16F4O6S/c14-12(15,13(16,17)24(20,21)22)9(18)23-11-4-7-1-8(5-11)3-10(19,2-7)6-11/h7-8,19H,1-6H2,(H,20,21,22). The summed E-state index contributed by atoms with van der Waals surface area (Å²) in [6.45, 7) is 0. The number of carbonyl (C=O) groups excluding carboxylic acids is 1. The lowest BCUT2D eigenvalue weighted by molar-refractivity contribution is -0.248. The van der Waals surface area contributed by atoms with Crippen LogP contribution in [0.15, 0.2) is 0 Å². The monoisotopic (exact) mass is 376 g/mol. The molecule has 2 N–H and O–H groups in total. The molecule has 4 fully saturated rings. The highest BCUT2D eigenvalue weighted by Crippen LogP contribution is 2.59. The second kappa shape index (κ2) is 4.82. The van der Waals surface area contributed by atoms with Gasteiger partial charge >= 0.3 is 27.3 Å². The van der Waals surface area contributed by atoms with Crippen molar-refractivity contribution in [1.82, 2.24) is 0 Å². The van der Waals surface area contributed by atoms with Gasteiger partial charge in [-0.25, -0.2) is 4.79 Å². The minimum Gasteiger partial charge on any atom is -0.454 e. The molecule has 4 bridgehead atoms. The first-order valence-corrected chi connectivity index (χ1v) is 8.82. The number of rotatable bonds is 4. The van der Waals surface area contributed by atoms with Crippen molar-refractivity contribution in [2.75, 3.05) is 0 Å². The van der Waals surface area contributed by atoms with E-state index in [1.165, 1.54) is 0 Å². The number of carbonyl (C=O) groups is 1. The molecule has 4 aliphatic carbocycles. The van der Waals surface area contributed by atoms with Crippen LogP contribution >= 0.6 is 0 Å². The summed E-state index contributed by atoms with van der Waals surface area (Å²) in [6.07, 6.45) is 1.77. The topological polar surface area (TPSA) is 101 Å². The van der Waals surface area contributed by atoms with Crippen molar-refractivity contribution in [3.05, 3.63) is 0 Å². The second-order valence-electron chi connectivity index (χ2n) is 7.32. The zero-order valence-electron chi connectivity index (χ0n) is 12.3. The largest absolute Gasteiger partial charge is 0.454 e. The van der Waals surface area contributed by atoms with Gasteiger partial charge in [-0.3, -0.25) is 4.55 Å². The van der Waals surface area contributed by atoms with E-state index in [0.29, 0.717) is 12.8 Å². The van der Waals surface area contributed by atoms with E-state index in [2.05, 4.69) is 4.74 Å². The zero-order valence-corrected chi connectivity index (χ0v) is 13.2. The molecule has 0 radical (unpaired) electrons. The highest BCUT2D eigenvalue weighted by molar-refractivity contribution is 7.87. The van der Waals surface area contributed by atoms with Crippen molar-refractivity contribution in [1.29, 1.82) is 0 Å². The Morgan fingerprint density at radius 2 is 1.58 bits per heavy atom. The fourth-order valence-corrected chi connectivity index (χ4v) is 5.20. The molecule has 0 amide bonds. The molecule has 0 aromatic carbocycles. The quantitative estimate of drug-likeness (QED) is 0.440. The minimum atomic E-state index is -6.52. The predicted molar refractivity (Wildman–Crippen MR) is 69.9 cm³/mol. The third-order valence-corrected chi connectivity index (χ3v) is 6.14. The second-order valence-corrected chi connectivity index (χ2v) is 8.79. The van der Waals surface area contributed by atoms with Crippen LogP contribution in [0.4, 0.5) is 17.6 Å². The lowest BCUT2D eigenvalue weighted by atomic mass is 9.52. The molecule has 4 saturated carbocycles. The summed E-state index contributed by atoms with van der Waals surface area (Å²) in [7, 11) is -6.52. The molecule has 0 aromatic heterocycles. The van der Waals surface area contributed by atoms with Gasteiger partial charge in [0.05, 0.1) is 5.60 Å². The van der Waals surface area contributed by atoms with Gasteiger partial charge < -0.3 is 9.84 Å².